The van der Waals surface area contributed by atoms with Crippen molar-refractivity contribution < 1.29 is 23.0 Å². The highest BCUT2D eigenvalue weighted by atomic mass is 35.5. The van der Waals surface area contributed by atoms with E-state index >= 15 is 0 Å². The van der Waals surface area contributed by atoms with E-state index in [2.05, 4.69) is 10.1 Å². The van der Waals surface area contributed by atoms with Crippen LogP contribution in [-0.2, 0) is 9.53 Å². The van der Waals surface area contributed by atoms with Crippen molar-refractivity contribution in [3.8, 4) is 5.75 Å². The Balaban J connectivity index is 0.00000338. The zero-order chi connectivity index (χ0) is 18.8. The topological polar surface area (TPSA) is 73.6 Å². The Morgan fingerprint density at radius 2 is 2.00 bits per heavy atom. The van der Waals surface area contributed by atoms with Crippen molar-refractivity contribution in [3.63, 3.8) is 0 Å². The van der Waals surface area contributed by atoms with E-state index in [-0.39, 0.29) is 30.2 Å². The molecule has 2 rings (SSSR count). The largest absolute Gasteiger partial charge is 0.434 e. The maximum absolute atomic E-state index is 12.7. The molecule has 0 saturated heterocycles. The first-order chi connectivity index (χ1) is 11.6. The molecule has 8 heteroatoms. The van der Waals surface area contributed by atoms with Gasteiger partial charge in [0.05, 0.1) is 12.1 Å². The molecule has 3 atom stereocenters. The van der Waals surface area contributed by atoms with Crippen molar-refractivity contribution in [2.24, 2.45) is 11.1 Å². The van der Waals surface area contributed by atoms with E-state index in [1.165, 1.54) is 6.07 Å². The van der Waals surface area contributed by atoms with E-state index in [1.807, 2.05) is 20.8 Å². The molecule has 1 aliphatic rings. The molecule has 1 saturated carbocycles. The lowest BCUT2D eigenvalue weighted by molar-refractivity contribution is -0.171. The number of alkyl halides is 2. The molecule has 26 heavy (non-hydrogen) atoms. The molecular formula is C18H27ClF2N2O3. The average molecular weight is 393 g/mol. The normalized spacial score (nSPS) is 25.0. The predicted molar refractivity (Wildman–Crippen MR) is 97.6 cm³/mol. The van der Waals surface area contributed by atoms with E-state index < -0.39 is 23.6 Å². The Morgan fingerprint density at radius 3 is 2.54 bits per heavy atom. The number of amides is 1. The molecule has 1 aromatic rings. The van der Waals surface area contributed by atoms with Crippen LogP contribution in [0, 0.1) is 5.41 Å². The third-order valence-electron chi connectivity index (χ3n) is 5.18. The molecule has 0 aromatic heterocycles. The minimum Gasteiger partial charge on any atom is -0.434 e. The first kappa shape index (κ1) is 22.6. The summed E-state index contributed by atoms with van der Waals surface area (Å²) in [6, 6.07) is 5.86. The van der Waals surface area contributed by atoms with Gasteiger partial charge >= 0.3 is 6.61 Å². The van der Waals surface area contributed by atoms with Crippen LogP contribution in [0.5, 0.6) is 5.75 Å². The van der Waals surface area contributed by atoms with Gasteiger partial charge < -0.3 is 20.5 Å². The highest BCUT2D eigenvalue weighted by Crippen LogP contribution is 2.50. The first-order valence-corrected chi connectivity index (χ1v) is 8.38. The van der Waals surface area contributed by atoms with Crippen LogP contribution in [0.4, 0.5) is 8.78 Å². The van der Waals surface area contributed by atoms with Gasteiger partial charge in [0.2, 0.25) is 5.91 Å². The molecule has 0 heterocycles. The summed E-state index contributed by atoms with van der Waals surface area (Å²) < 4.78 is 35.3. The van der Waals surface area contributed by atoms with Crippen LogP contribution in [0.1, 0.15) is 45.7 Å². The summed E-state index contributed by atoms with van der Waals surface area (Å²) in [5, 5.41) is 2.83. The Kier molecular flexibility index (Phi) is 7.39. The molecule has 5 nitrogen and oxygen atoms in total. The number of carbonyl (C=O) groups is 1. The first-order valence-electron chi connectivity index (χ1n) is 8.38. The Hall–Kier alpha value is -1.44. The molecule has 1 amide bonds. The maximum atomic E-state index is 12.7. The summed E-state index contributed by atoms with van der Waals surface area (Å²) in [6.07, 6.45) is 0.333. The molecule has 0 bridgehead atoms. The summed E-state index contributed by atoms with van der Waals surface area (Å²) in [5.41, 5.74) is 5.23. The number of hydrogen-bond acceptors (Lipinski definition) is 4. The van der Waals surface area contributed by atoms with Crippen molar-refractivity contribution in [3.05, 3.63) is 29.8 Å². The molecular weight excluding hydrogens is 366 g/mol. The maximum Gasteiger partial charge on any atom is 0.387 e. The molecule has 0 aliphatic heterocycles. The average Bonchev–Trinajstić information content (AvgIpc) is 2.54. The number of ether oxygens (including phenoxy) is 2. The number of nitrogens with one attached hydrogen (secondary N) is 1. The fraction of sp³-hybridized carbons (Fsp3) is 0.611. The monoisotopic (exact) mass is 392 g/mol. The lowest BCUT2D eigenvalue weighted by atomic mass is 9.54. The van der Waals surface area contributed by atoms with Gasteiger partial charge in [0.25, 0.3) is 0 Å². The molecule has 1 aliphatic carbocycles. The minimum absolute atomic E-state index is 0. The molecule has 0 radical (unpaired) electrons. The van der Waals surface area contributed by atoms with Gasteiger partial charge in [-0.05, 0) is 19.9 Å². The van der Waals surface area contributed by atoms with Crippen molar-refractivity contribution >= 4 is 18.3 Å². The number of benzene rings is 1. The van der Waals surface area contributed by atoms with Crippen LogP contribution in [0.25, 0.3) is 0 Å². The zero-order valence-electron chi connectivity index (χ0n) is 15.4. The lowest BCUT2D eigenvalue weighted by Gasteiger charge is -2.57. The third-order valence-corrected chi connectivity index (χ3v) is 5.18. The molecule has 0 spiro atoms. The standard InChI is InChI=1S/C18H26F2N2O3.ClH/c1-5-24-14-10-18(21,17(14,3)4)15(23)22-11(2)12-8-6-7-9-13(12)25-16(19)20;/h6-9,11,14,16H,5,10,21H2,1-4H3,(H,22,23);1H. The second-order valence-corrected chi connectivity index (χ2v) is 6.95. The van der Waals surface area contributed by atoms with Gasteiger partial charge in [-0.25, -0.2) is 0 Å². The van der Waals surface area contributed by atoms with Crippen LogP contribution < -0.4 is 15.8 Å². The molecule has 1 fully saturated rings. The third kappa shape index (κ3) is 4.10. The molecule has 1 aromatic carbocycles. The summed E-state index contributed by atoms with van der Waals surface area (Å²) in [7, 11) is 0. The van der Waals surface area contributed by atoms with Crippen molar-refractivity contribution in [1.29, 1.82) is 0 Å². The minimum atomic E-state index is -2.93. The Morgan fingerprint density at radius 1 is 1.38 bits per heavy atom. The Labute approximate surface area is 159 Å². The van der Waals surface area contributed by atoms with Gasteiger partial charge in [-0.15, -0.1) is 12.4 Å². The number of hydrogen-bond donors (Lipinski definition) is 2. The highest BCUT2D eigenvalue weighted by molar-refractivity contribution is 5.89. The van der Waals surface area contributed by atoms with Crippen LogP contribution in [0.15, 0.2) is 24.3 Å². The van der Waals surface area contributed by atoms with E-state index in [4.69, 9.17) is 10.5 Å². The predicted octanol–water partition coefficient (Wildman–Crippen LogP) is 3.42. The van der Waals surface area contributed by atoms with Gasteiger partial charge in [0.1, 0.15) is 11.3 Å². The molecule has 148 valence electrons. The SMILES string of the molecule is CCOC1CC(N)(C(=O)NC(C)c2ccccc2OC(F)F)C1(C)C.Cl. The van der Waals surface area contributed by atoms with Gasteiger partial charge in [-0.2, -0.15) is 8.78 Å². The van der Waals surface area contributed by atoms with E-state index in [9.17, 15) is 13.6 Å². The number of halogens is 3. The fourth-order valence-electron chi connectivity index (χ4n) is 3.27. The summed E-state index contributed by atoms with van der Waals surface area (Å²) in [6.45, 7) is 5.03. The number of rotatable bonds is 7. The second-order valence-electron chi connectivity index (χ2n) is 6.95. The Bertz CT molecular complexity index is 630. The van der Waals surface area contributed by atoms with Gasteiger partial charge in [0, 0.05) is 24.0 Å². The molecule has 3 unspecified atom stereocenters. The lowest BCUT2D eigenvalue weighted by Crippen LogP contribution is -2.75. The fourth-order valence-corrected chi connectivity index (χ4v) is 3.27. The van der Waals surface area contributed by atoms with Crippen LogP contribution >= 0.6 is 12.4 Å². The quantitative estimate of drug-likeness (QED) is 0.745. The number of para-hydroxylation sites is 1. The van der Waals surface area contributed by atoms with Crippen molar-refractivity contribution in [2.45, 2.75) is 58.4 Å². The van der Waals surface area contributed by atoms with Crippen molar-refractivity contribution in [2.75, 3.05) is 6.61 Å². The van der Waals surface area contributed by atoms with E-state index in [0.717, 1.165) is 0 Å². The number of nitrogens with two attached hydrogens (primary N) is 1. The number of carbonyl (C=O) groups excluding carboxylic acids is 1. The van der Waals surface area contributed by atoms with E-state index in [1.54, 1.807) is 25.1 Å². The van der Waals surface area contributed by atoms with Crippen LogP contribution in [0.3, 0.4) is 0 Å². The van der Waals surface area contributed by atoms with Gasteiger partial charge in [0.15, 0.2) is 0 Å². The second kappa shape index (κ2) is 8.50. The molecule has 3 N–H and O–H groups in total. The van der Waals surface area contributed by atoms with Crippen molar-refractivity contribution in [1.82, 2.24) is 5.32 Å². The summed E-state index contributed by atoms with van der Waals surface area (Å²) in [4.78, 5) is 12.7. The van der Waals surface area contributed by atoms with Crippen LogP contribution in [0.2, 0.25) is 0 Å². The summed E-state index contributed by atoms with van der Waals surface area (Å²) >= 11 is 0. The van der Waals surface area contributed by atoms with Gasteiger partial charge in [-0.1, -0.05) is 32.0 Å². The zero-order valence-corrected chi connectivity index (χ0v) is 16.2. The summed E-state index contributed by atoms with van der Waals surface area (Å²) in [5.74, 6) is -0.288. The van der Waals surface area contributed by atoms with E-state index in [0.29, 0.717) is 18.6 Å². The van der Waals surface area contributed by atoms with Gasteiger partial charge in [-0.3, -0.25) is 4.79 Å². The van der Waals surface area contributed by atoms with Crippen LogP contribution in [-0.4, -0.2) is 30.8 Å². The smallest absolute Gasteiger partial charge is 0.387 e. The highest BCUT2D eigenvalue weighted by Gasteiger charge is 2.62.